The van der Waals surface area contributed by atoms with Gasteiger partial charge in [-0.15, -0.1) is 0 Å². The van der Waals surface area contributed by atoms with Crippen molar-refractivity contribution in [1.82, 2.24) is 5.32 Å². The van der Waals surface area contributed by atoms with Crippen molar-refractivity contribution in [2.24, 2.45) is 22.2 Å². The van der Waals surface area contributed by atoms with Crippen molar-refractivity contribution in [3.05, 3.63) is 0 Å². The van der Waals surface area contributed by atoms with Gasteiger partial charge in [0.1, 0.15) is 7.85 Å². The minimum absolute atomic E-state index is 0.335. The second-order valence-corrected chi connectivity index (χ2v) is 12.7. The summed E-state index contributed by atoms with van der Waals surface area (Å²) in [6.07, 6.45) is 13.7. The van der Waals surface area contributed by atoms with Crippen LogP contribution in [0.3, 0.4) is 0 Å². The van der Waals surface area contributed by atoms with Crippen molar-refractivity contribution in [3.8, 4) is 0 Å². The molecule has 0 rings (SSSR count). The van der Waals surface area contributed by atoms with Crippen molar-refractivity contribution in [1.29, 1.82) is 0 Å². The number of hydrogen-bond donors (Lipinski definition) is 1. The van der Waals surface area contributed by atoms with Crippen LogP contribution in [0.2, 0.25) is 5.31 Å². The first-order valence-corrected chi connectivity index (χ1v) is 12.4. The van der Waals surface area contributed by atoms with Gasteiger partial charge in [0.05, 0.1) is 0 Å². The Balaban J connectivity index is 5.84. The summed E-state index contributed by atoms with van der Waals surface area (Å²) in [5, 5.41) is 3.78. The van der Waals surface area contributed by atoms with E-state index in [1.54, 1.807) is 0 Å². The van der Waals surface area contributed by atoms with Crippen molar-refractivity contribution in [2.45, 2.75) is 132 Å². The average molecular weight is 394 g/mol. The third-order valence-electron chi connectivity index (χ3n) is 6.89. The number of unbranched alkanes of at least 4 members (excludes halogenated alkanes) is 4. The van der Waals surface area contributed by atoms with Gasteiger partial charge in [-0.3, -0.25) is 0 Å². The van der Waals surface area contributed by atoms with E-state index in [9.17, 15) is 0 Å². The van der Waals surface area contributed by atoms with Crippen LogP contribution in [-0.4, -0.2) is 21.4 Å². The minimum atomic E-state index is 0.335. The summed E-state index contributed by atoms with van der Waals surface area (Å²) in [5.74, 6) is 0.768. The maximum Gasteiger partial charge on any atom is 0.110 e. The number of nitrogens with one attached hydrogen (secondary N) is 1. The predicted octanol–water partition coefficient (Wildman–Crippen LogP) is 7.65. The highest BCUT2D eigenvalue weighted by Crippen LogP contribution is 2.55. The molecule has 28 heavy (non-hydrogen) atoms. The van der Waals surface area contributed by atoms with E-state index >= 15 is 0 Å². The summed E-state index contributed by atoms with van der Waals surface area (Å²) < 4.78 is 0. The highest BCUT2D eigenvalue weighted by atomic mass is 14.8. The normalized spacial score (nSPS) is 16.8. The van der Waals surface area contributed by atoms with E-state index in [4.69, 9.17) is 0 Å². The van der Waals surface area contributed by atoms with Gasteiger partial charge in [-0.25, -0.2) is 0 Å². The third-order valence-corrected chi connectivity index (χ3v) is 6.89. The standard InChI is InChI=1S/C26H56BN/c1-11-13-15-17-25(8,18-16-14-12-2)22(19-23(3,4)5)24(6,7)20-26(9,27)21-28-10/h22,28H,11-21,27H2,1-10H3. The van der Waals surface area contributed by atoms with E-state index in [-0.39, 0.29) is 0 Å². The zero-order valence-electron chi connectivity index (χ0n) is 21.9. The summed E-state index contributed by atoms with van der Waals surface area (Å²) in [6, 6.07) is 0. The highest BCUT2D eigenvalue weighted by Gasteiger charge is 2.45. The van der Waals surface area contributed by atoms with Gasteiger partial charge in [0.2, 0.25) is 0 Å². The summed E-state index contributed by atoms with van der Waals surface area (Å²) in [4.78, 5) is 0. The van der Waals surface area contributed by atoms with Crippen LogP contribution in [0.15, 0.2) is 0 Å². The molecule has 0 fully saturated rings. The second kappa shape index (κ2) is 12.0. The Morgan fingerprint density at radius 3 is 1.61 bits per heavy atom. The van der Waals surface area contributed by atoms with Gasteiger partial charge in [-0.2, -0.15) is 0 Å². The van der Waals surface area contributed by atoms with Crippen molar-refractivity contribution in [3.63, 3.8) is 0 Å². The first kappa shape index (κ1) is 28.0. The molecule has 0 radical (unpaired) electrons. The lowest BCUT2D eigenvalue weighted by Gasteiger charge is -2.52. The zero-order chi connectivity index (χ0) is 22.1. The van der Waals surface area contributed by atoms with Gasteiger partial charge in [0.15, 0.2) is 0 Å². The van der Waals surface area contributed by atoms with Crippen molar-refractivity contribution >= 4 is 7.85 Å². The Hall–Kier alpha value is 0.0249. The van der Waals surface area contributed by atoms with Crippen molar-refractivity contribution in [2.75, 3.05) is 13.6 Å². The Labute approximate surface area is 181 Å². The topological polar surface area (TPSA) is 12.0 Å². The molecule has 2 heteroatoms. The molecule has 0 spiro atoms. The Bertz CT molecular complexity index is 395. The molecule has 0 aromatic heterocycles. The molecule has 2 unspecified atom stereocenters. The van der Waals surface area contributed by atoms with E-state index in [2.05, 4.69) is 82.5 Å². The van der Waals surface area contributed by atoms with Crippen LogP contribution in [0.25, 0.3) is 0 Å². The highest BCUT2D eigenvalue weighted by molar-refractivity contribution is 6.15. The fraction of sp³-hybridized carbons (Fsp3) is 1.00. The fourth-order valence-electron chi connectivity index (χ4n) is 6.01. The van der Waals surface area contributed by atoms with Gasteiger partial charge >= 0.3 is 0 Å². The Morgan fingerprint density at radius 2 is 1.25 bits per heavy atom. The molecule has 0 bridgehead atoms. The molecular weight excluding hydrogens is 337 g/mol. The molecule has 0 saturated heterocycles. The molecule has 168 valence electrons. The molecule has 0 aliphatic carbocycles. The molecule has 0 aliphatic rings. The zero-order valence-corrected chi connectivity index (χ0v) is 21.9. The van der Waals surface area contributed by atoms with E-state index < -0.39 is 0 Å². The van der Waals surface area contributed by atoms with Gasteiger partial charge in [-0.1, -0.05) is 101 Å². The van der Waals surface area contributed by atoms with Crippen LogP contribution in [-0.2, 0) is 0 Å². The molecule has 0 aromatic rings. The van der Waals surface area contributed by atoms with Gasteiger partial charge in [0.25, 0.3) is 0 Å². The van der Waals surface area contributed by atoms with Crippen LogP contribution >= 0.6 is 0 Å². The quantitative estimate of drug-likeness (QED) is 0.222. The summed E-state index contributed by atoms with van der Waals surface area (Å²) in [6.45, 7) is 23.4. The molecule has 0 heterocycles. The summed E-state index contributed by atoms with van der Waals surface area (Å²) in [5.41, 5.74) is 1.18. The molecule has 0 saturated carbocycles. The first-order chi connectivity index (χ1) is 12.7. The van der Waals surface area contributed by atoms with E-state index in [1.807, 2.05) is 0 Å². The van der Waals surface area contributed by atoms with E-state index in [0.29, 0.717) is 21.6 Å². The van der Waals surface area contributed by atoms with Crippen molar-refractivity contribution < 1.29 is 0 Å². The van der Waals surface area contributed by atoms with Crippen LogP contribution in [0.4, 0.5) is 0 Å². The lowest BCUT2D eigenvalue weighted by molar-refractivity contribution is -0.00370. The summed E-state index contributed by atoms with van der Waals surface area (Å²) >= 11 is 0. The molecule has 1 N–H and O–H groups in total. The predicted molar refractivity (Wildman–Crippen MR) is 133 cm³/mol. The van der Waals surface area contributed by atoms with Crippen LogP contribution in [0.1, 0.15) is 127 Å². The molecule has 0 aromatic carbocycles. The first-order valence-electron chi connectivity index (χ1n) is 12.4. The smallest absolute Gasteiger partial charge is 0.110 e. The SMILES string of the molecule is BC(C)(CNC)CC(C)(C)C(CC(C)(C)C)C(C)(CCCCC)CCCCC. The maximum absolute atomic E-state index is 3.44. The van der Waals surface area contributed by atoms with Crippen LogP contribution in [0, 0.1) is 22.2 Å². The third kappa shape index (κ3) is 10.7. The maximum atomic E-state index is 3.44. The number of rotatable bonds is 15. The molecule has 1 nitrogen and oxygen atoms in total. The molecule has 2 atom stereocenters. The monoisotopic (exact) mass is 393 g/mol. The second-order valence-electron chi connectivity index (χ2n) is 12.7. The molecular formula is C26H56BN. The van der Waals surface area contributed by atoms with E-state index in [1.165, 1.54) is 64.2 Å². The minimum Gasteiger partial charge on any atom is -0.320 e. The molecule has 0 amide bonds. The largest absolute Gasteiger partial charge is 0.320 e. The lowest BCUT2D eigenvalue weighted by Crippen LogP contribution is -2.43. The van der Waals surface area contributed by atoms with Crippen LogP contribution in [0.5, 0.6) is 0 Å². The average Bonchev–Trinajstić information content (AvgIpc) is 2.51. The number of hydrogen-bond acceptors (Lipinski definition) is 1. The Kier molecular flexibility index (Phi) is 12.0. The summed E-state index contributed by atoms with van der Waals surface area (Å²) in [7, 11) is 4.55. The fourth-order valence-corrected chi connectivity index (χ4v) is 6.01. The van der Waals surface area contributed by atoms with E-state index in [0.717, 1.165) is 12.5 Å². The molecule has 0 aliphatic heterocycles. The van der Waals surface area contributed by atoms with Gasteiger partial charge in [0, 0.05) is 0 Å². The lowest BCUT2D eigenvalue weighted by atomic mass is 9.51. The van der Waals surface area contributed by atoms with Crippen LogP contribution < -0.4 is 5.32 Å². The van der Waals surface area contributed by atoms with Gasteiger partial charge in [-0.05, 0) is 66.8 Å². The Morgan fingerprint density at radius 1 is 0.786 bits per heavy atom. The van der Waals surface area contributed by atoms with Gasteiger partial charge < -0.3 is 5.32 Å².